The van der Waals surface area contributed by atoms with Crippen LogP contribution in [0.25, 0.3) is 11.0 Å². The molecule has 1 saturated heterocycles. The zero-order valence-corrected chi connectivity index (χ0v) is 12.9. The van der Waals surface area contributed by atoms with Gasteiger partial charge in [-0.3, -0.25) is 4.98 Å². The fraction of sp³-hybridized carbons (Fsp3) is 0.250. The van der Waals surface area contributed by atoms with E-state index in [0.29, 0.717) is 16.6 Å². The zero-order chi connectivity index (χ0) is 15.3. The molecule has 1 aliphatic rings. The van der Waals surface area contributed by atoms with Crippen LogP contribution in [0, 0.1) is 6.92 Å². The number of nitrogens with two attached hydrogens (primary N) is 1. The van der Waals surface area contributed by atoms with Crippen LogP contribution in [0.4, 0.5) is 11.4 Å². The number of anilines is 2. The van der Waals surface area contributed by atoms with Gasteiger partial charge >= 0.3 is 0 Å². The van der Waals surface area contributed by atoms with Gasteiger partial charge in [-0.15, -0.1) is 0 Å². The van der Waals surface area contributed by atoms with E-state index < -0.39 is 0 Å². The summed E-state index contributed by atoms with van der Waals surface area (Å²) in [6, 6.07) is 6.26. The molecule has 1 fully saturated rings. The maximum atomic E-state index is 6.20. The SMILES string of the molecule is Cc1ccc2nc(C3CN(c4c(N)cncc4Cl)C3)[nH]c2c1. The van der Waals surface area contributed by atoms with Gasteiger partial charge < -0.3 is 15.6 Å². The van der Waals surface area contributed by atoms with Gasteiger partial charge in [0.2, 0.25) is 0 Å². The van der Waals surface area contributed by atoms with Crippen LogP contribution in [0.15, 0.2) is 30.6 Å². The van der Waals surface area contributed by atoms with Gasteiger partial charge in [-0.1, -0.05) is 17.7 Å². The summed E-state index contributed by atoms with van der Waals surface area (Å²) in [5, 5.41) is 0.596. The molecule has 22 heavy (non-hydrogen) atoms. The van der Waals surface area contributed by atoms with Crippen LogP contribution in [0.5, 0.6) is 0 Å². The van der Waals surface area contributed by atoms with Crippen molar-refractivity contribution in [2.24, 2.45) is 0 Å². The van der Waals surface area contributed by atoms with Crippen molar-refractivity contribution in [3.05, 3.63) is 47.0 Å². The molecule has 0 spiro atoms. The van der Waals surface area contributed by atoms with Crippen LogP contribution >= 0.6 is 11.6 Å². The van der Waals surface area contributed by atoms with Gasteiger partial charge in [-0.2, -0.15) is 0 Å². The highest BCUT2D eigenvalue weighted by molar-refractivity contribution is 6.33. The number of nitrogens with zero attached hydrogens (tertiary/aromatic N) is 3. The molecule has 0 radical (unpaired) electrons. The van der Waals surface area contributed by atoms with E-state index in [9.17, 15) is 0 Å². The summed E-state index contributed by atoms with van der Waals surface area (Å²) in [7, 11) is 0. The molecule has 1 aromatic carbocycles. The summed E-state index contributed by atoms with van der Waals surface area (Å²) in [6.45, 7) is 3.79. The number of halogens is 1. The molecule has 3 aromatic rings. The van der Waals surface area contributed by atoms with E-state index in [-0.39, 0.29) is 0 Å². The molecule has 2 aromatic heterocycles. The van der Waals surface area contributed by atoms with E-state index >= 15 is 0 Å². The number of benzene rings is 1. The predicted octanol–water partition coefficient (Wildman–Crippen LogP) is 3.11. The number of nitrogens with one attached hydrogen (secondary N) is 1. The number of fused-ring (bicyclic) bond motifs is 1. The molecular weight excluding hydrogens is 298 g/mol. The minimum absolute atomic E-state index is 0.372. The number of nitrogen functional groups attached to an aromatic ring is 1. The Kier molecular flexibility index (Phi) is 2.97. The van der Waals surface area contributed by atoms with Crippen molar-refractivity contribution in [3.8, 4) is 0 Å². The molecule has 3 N–H and O–H groups in total. The first-order chi connectivity index (χ1) is 10.6. The quantitative estimate of drug-likeness (QED) is 0.762. The van der Waals surface area contributed by atoms with Crippen LogP contribution in [0.2, 0.25) is 5.02 Å². The standard InChI is InChI=1S/C16H16ClN5/c1-9-2-3-13-14(4-9)21-16(20-13)10-7-22(8-10)15-11(17)5-19-6-12(15)18/h2-6,10H,7-8,18H2,1H3,(H,20,21). The molecule has 0 unspecified atom stereocenters. The third-order valence-electron chi connectivity index (χ3n) is 4.14. The summed E-state index contributed by atoms with van der Waals surface area (Å²) in [5.41, 5.74) is 10.8. The minimum Gasteiger partial charge on any atom is -0.396 e. The van der Waals surface area contributed by atoms with Gasteiger partial charge in [-0.05, 0) is 24.6 Å². The molecule has 0 atom stereocenters. The van der Waals surface area contributed by atoms with Gasteiger partial charge in [0.05, 0.1) is 39.5 Å². The van der Waals surface area contributed by atoms with Crippen molar-refractivity contribution in [2.75, 3.05) is 23.7 Å². The largest absolute Gasteiger partial charge is 0.396 e. The molecule has 3 heterocycles. The van der Waals surface area contributed by atoms with Gasteiger partial charge in [0, 0.05) is 19.3 Å². The summed E-state index contributed by atoms with van der Waals surface area (Å²) in [6.07, 6.45) is 3.27. The number of aromatic nitrogens is 3. The Hall–Kier alpha value is -2.27. The summed E-state index contributed by atoms with van der Waals surface area (Å²) < 4.78 is 0. The Balaban J connectivity index is 1.57. The first-order valence-electron chi connectivity index (χ1n) is 7.22. The second-order valence-corrected chi connectivity index (χ2v) is 6.21. The molecule has 4 rings (SSSR count). The van der Waals surface area contributed by atoms with Crippen molar-refractivity contribution in [3.63, 3.8) is 0 Å². The Morgan fingerprint density at radius 3 is 2.91 bits per heavy atom. The number of hydrogen-bond donors (Lipinski definition) is 2. The molecule has 0 saturated carbocycles. The third kappa shape index (κ3) is 2.09. The van der Waals surface area contributed by atoms with Gasteiger partial charge in [0.1, 0.15) is 5.82 Å². The Bertz CT molecular complexity index is 831. The first-order valence-corrected chi connectivity index (χ1v) is 7.60. The second kappa shape index (κ2) is 4.88. The lowest BCUT2D eigenvalue weighted by atomic mass is 9.98. The molecular formula is C16H16ClN5. The molecule has 0 bridgehead atoms. The molecule has 1 aliphatic heterocycles. The number of aromatic amines is 1. The van der Waals surface area contributed by atoms with Crippen molar-refractivity contribution < 1.29 is 0 Å². The van der Waals surface area contributed by atoms with E-state index in [1.54, 1.807) is 12.4 Å². The summed E-state index contributed by atoms with van der Waals surface area (Å²) >= 11 is 6.20. The number of aryl methyl sites for hydroxylation is 1. The smallest absolute Gasteiger partial charge is 0.113 e. The number of pyridine rings is 1. The fourth-order valence-corrected chi connectivity index (χ4v) is 3.23. The molecule has 5 nitrogen and oxygen atoms in total. The monoisotopic (exact) mass is 313 g/mol. The van der Waals surface area contributed by atoms with Gasteiger partial charge in [-0.25, -0.2) is 4.98 Å². The van der Waals surface area contributed by atoms with Crippen LogP contribution in [0.3, 0.4) is 0 Å². The maximum Gasteiger partial charge on any atom is 0.113 e. The van der Waals surface area contributed by atoms with Crippen LogP contribution in [-0.4, -0.2) is 28.0 Å². The number of H-pyrrole nitrogens is 1. The number of hydrogen-bond acceptors (Lipinski definition) is 4. The lowest BCUT2D eigenvalue weighted by Crippen LogP contribution is -2.46. The van der Waals surface area contributed by atoms with Crippen molar-refractivity contribution in [1.82, 2.24) is 15.0 Å². The van der Waals surface area contributed by atoms with Crippen molar-refractivity contribution >= 4 is 34.0 Å². The highest BCUT2D eigenvalue weighted by atomic mass is 35.5. The fourth-order valence-electron chi connectivity index (χ4n) is 2.95. The van der Waals surface area contributed by atoms with Crippen molar-refractivity contribution in [1.29, 1.82) is 0 Å². The van der Waals surface area contributed by atoms with Crippen molar-refractivity contribution in [2.45, 2.75) is 12.8 Å². The molecule has 0 amide bonds. The topological polar surface area (TPSA) is 70.8 Å². The van der Waals surface area contributed by atoms with E-state index in [1.807, 2.05) is 0 Å². The molecule has 6 heteroatoms. The highest BCUT2D eigenvalue weighted by Gasteiger charge is 2.32. The van der Waals surface area contributed by atoms with E-state index in [2.05, 4.69) is 40.0 Å². The lowest BCUT2D eigenvalue weighted by molar-refractivity contribution is 0.506. The maximum absolute atomic E-state index is 6.20. The normalized spacial score (nSPS) is 15.3. The minimum atomic E-state index is 0.372. The average molecular weight is 314 g/mol. The van der Waals surface area contributed by atoms with Crippen LogP contribution in [0.1, 0.15) is 17.3 Å². The zero-order valence-electron chi connectivity index (χ0n) is 12.2. The predicted molar refractivity (Wildman–Crippen MR) is 89.4 cm³/mol. The summed E-state index contributed by atoms with van der Waals surface area (Å²) in [4.78, 5) is 14.3. The number of imidazole rings is 1. The van der Waals surface area contributed by atoms with E-state index in [4.69, 9.17) is 22.3 Å². The Morgan fingerprint density at radius 2 is 2.14 bits per heavy atom. The molecule has 112 valence electrons. The Morgan fingerprint density at radius 1 is 1.32 bits per heavy atom. The lowest BCUT2D eigenvalue weighted by Gasteiger charge is -2.40. The third-order valence-corrected chi connectivity index (χ3v) is 4.42. The second-order valence-electron chi connectivity index (χ2n) is 5.80. The van der Waals surface area contributed by atoms with E-state index in [0.717, 1.165) is 35.6 Å². The van der Waals surface area contributed by atoms with E-state index in [1.165, 1.54) is 5.56 Å². The highest BCUT2D eigenvalue weighted by Crippen LogP contribution is 2.38. The average Bonchev–Trinajstić information content (AvgIpc) is 2.82. The summed E-state index contributed by atoms with van der Waals surface area (Å²) in [5.74, 6) is 1.40. The van der Waals surface area contributed by atoms with Gasteiger partial charge in [0.15, 0.2) is 0 Å². The Labute approximate surface area is 133 Å². The van der Waals surface area contributed by atoms with Crippen LogP contribution in [-0.2, 0) is 0 Å². The first kappa shape index (κ1) is 13.4. The number of rotatable bonds is 2. The van der Waals surface area contributed by atoms with Gasteiger partial charge in [0.25, 0.3) is 0 Å². The van der Waals surface area contributed by atoms with Crippen LogP contribution < -0.4 is 10.6 Å². The molecule has 0 aliphatic carbocycles.